The highest BCUT2D eigenvalue weighted by atomic mass is 32.2. The molecule has 2 nitrogen and oxygen atoms in total. The fourth-order valence-corrected chi connectivity index (χ4v) is 0.443. The summed E-state index contributed by atoms with van der Waals surface area (Å²) in [6.45, 7) is 4.11. The van der Waals surface area contributed by atoms with Crippen LogP contribution in [0.15, 0.2) is 17.3 Å². The summed E-state index contributed by atoms with van der Waals surface area (Å²) in [5, 5.41) is 5.07. The summed E-state index contributed by atoms with van der Waals surface area (Å²) in [6.07, 6.45) is -4.46. The molecule has 0 atom stereocenters. The van der Waals surface area contributed by atoms with E-state index < -0.39 is 11.9 Å². The number of hydrogen-bond acceptors (Lipinski definition) is 3. The van der Waals surface area contributed by atoms with Crippen LogP contribution in [0.4, 0.5) is 13.2 Å². The van der Waals surface area contributed by atoms with Crippen molar-refractivity contribution in [1.29, 1.82) is 0 Å². The monoisotopic (exact) mass is 184 g/mol. The molecule has 64 valence electrons. The van der Waals surface area contributed by atoms with Crippen LogP contribution in [0.25, 0.3) is 0 Å². The summed E-state index contributed by atoms with van der Waals surface area (Å²) in [5.74, 6) is 0. The van der Waals surface area contributed by atoms with Gasteiger partial charge in [-0.1, -0.05) is 6.58 Å². The molecule has 0 fully saturated rings. The maximum Gasteiger partial charge on any atom is 0.432 e. The Kier molecular flexibility index (Phi) is 3.61. The van der Waals surface area contributed by atoms with Gasteiger partial charge >= 0.3 is 6.18 Å². The van der Waals surface area contributed by atoms with Gasteiger partial charge in [0.15, 0.2) is 0 Å². The molecule has 11 heavy (non-hydrogen) atoms. The van der Waals surface area contributed by atoms with Crippen molar-refractivity contribution in [3.8, 4) is 0 Å². The third-order valence-electron chi connectivity index (χ3n) is 0.790. The number of nitrogens with two attached hydrogens (primary N) is 1. The van der Waals surface area contributed by atoms with Crippen molar-refractivity contribution in [1.82, 2.24) is 0 Å². The average Bonchev–Trinajstić information content (AvgIpc) is 1.85. The number of rotatable bonds is 1. The zero-order chi connectivity index (χ0) is 9.07. The van der Waals surface area contributed by atoms with Gasteiger partial charge in [-0.3, -0.25) is 5.14 Å². The molecule has 6 heteroatoms. The predicted molar refractivity (Wildman–Crippen MR) is 40.1 cm³/mol. The van der Waals surface area contributed by atoms with Crippen LogP contribution in [0, 0.1) is 0 Å². The molecule has 0 amide bonds. The summed E-state index contributed by atoms with van der Waals surface area (Å²) in [7, 11) is 0. The molecule has 0 aliphatic carbocycles. The highest BCUT2D eigenvalue weighted by molar-refractivity contribution is 8.11. The van der Waals surface area contributed by atoms with Gasteiger partial charge in [-0.2, -0.15) is 13.2 Å². The van der Waals surface area contributed by atoms with E-state index in [1.54, 1.807) is 0 Å². The average molecular weight is 184 g/mol. The fraction of sp³-hybridized carbons (Fsp3) is 0.400. The second-order valence-corrected chi connectivity index (χ2v) is 2.52. The van der Waals surface area contributed by atoms with Gasteiger partial charge in [0.05, 0.1) is 5.04 Å². The molecule has 0 aromatic rings. The topological polar surface area (TPSA) is 38.4 Å². The fourth-order valence-electron chi connectivity index (χ4n) is 0.280. The van der Waals surface area contributed by atoms with Crippen LogP contribution in [0.1, 0.15) is 6.92 Å². The van der Waals surface area contributed by atoms with Crippen LogP contribution in [-0.4, -0.2) is 11.2 Å². The second kappa shape index (κ2) is 3.77. The number of allylic oxidation sites excluding steroid dienone is 1. The Morgan fingerprint density at radius 1 is 1.55 bits per heavy atom. The van der Waals surface area contributed by atoms with E-state index in [1.165, 1.54) is 6.92 Å². The molecule has 0 saturated carbocycles. The Labute approximate surface area is 66.5 Å². The van der Waals surface area contributed by atoms with Crippen LogP contribution in [0.3, 0.4) is 0 Å². The highest BCUT2D eigenvalue weighted by Crippen LogP contribution is 2.25. The zero-order valence-corrected chi connectivity index (χ0v) is 6.59. The lowest BCUT2D eigenvalue weighted by atomic mass is 10.5. The number of nitrogens with zero attached hydrogens (tertiary/aromatic N) is 1. The van der Waals surface area contributed by atoms with Crippen molar-refractivity contribution in [2.24, 2.45) is 10.1 Å². The van der Waals surface area contributed by atoms with Gasteiger partial charge in [0, 0.05) is 0 Å². The van der Waals surface area contributed by atoms with E-state index in [4.69, 9.17) is 5.14 Å². The van der Waals surface area contributed by atoms with Crippen LogP contribution < -0.4 is 5.14 Å². The summed E-state index contributed by atoms with van der Waals surface area (Å²) >= 11 is 0.658. The van der Waals surface area contributed by atoms with Crippen molar-refractivity contribution in [3.05, 3.63) is 12.3 Å². The van der Waals surface area contributed by atoms with Crippen LogP contribution in [0.2, 0.25) is 0 Å². The first-order valence-corrected chi connectivity index (χ1v) is 3.44. The van der Waals surface area contributed by atoms with E-state index in [9.17, 15) is 13.2 Å². The Hall–Kier alpha value is -0.490. The minimum Gasteiger partial charge on any atom is -0.273 e. The normalized spacial score (nSPS) is 13.4. The van der Waals surface area contributed by atoms with E-state index in [2.05, 4.69) is 11.6 Å². The van der Waals surface area contributed by atoms with Crippen LogP contribution >= 0.6 is 11.9 Å². The standard InChI is InChI=1S/C5H7F3N2S/c1-3(5(6,7)8)10-4(2)11-9/h1,9H2,2H3. The molecule has 0 bridgehead atoms. The lowest BCUT2D eigenvalue weighted by Crippen LogP contribution is -2.09. The molecular weight excluding hydrogens is 177 g/mol. The van der Waals surface area contributed by atoms with E-state index in [-0.39, 0.29) is 5.04 Å². The lowest BCUT2D eigenvalue weighted by Gasteiger charge is -2.04. The van der Waals surface area contributed by atoms with E-state index in [0.29, 0.717) is 11.9 Å². The molecule has 0 spiro atoms. The first kappa shape index (κ1) is 10.5. The molecule has 0 aliphatic rings. The molecule has 0 heterocycles. The lowest BCUT2D eigenvalue weighted by molar-refractivity contribution is -0.0918. The molecule has 0 unspecified atom stereocenters. The first-order valence-electron chi connectivity index (χ1n) is 2.56. The van der Waals surface area contributed by atoms with Crippen molar-refractivity contribution in [2.45, 2.75) is 13.1 Å². The maximum atomic E-state index is 11.7. The van der Waals surface area contributed by atoms with Gasteiger partial charge in [-0.15, -0.1) is 0 Å². The smallest absolute Gasteiger partial charge is 0.273 e. The van der Waals surface area contributed by atoms with Gasteiger partial charge in [-0.05, 0) is 18.9 Å². The largest absolute Gasteiger partial charge is 0.432 e. The van der Waals surface area contributed by atoms with Gasteiger partial charge < -0.3 is 0 Å². The quantitative estimate of drug-likeness (QED) is 0.385. The van der Waals surface area contributed by atoms with Gasteiger partial charge in [0.1, 0.15) is 5.70 Å². The summed E-state index contributed by atoms with van der Waals surface area (Å²) in [4.78, 5) is 3.10. The third-order valence-corrected chi connectivity index (χ3v) is 1.22. The van der Waals surface area contributed by atoms with Crippen molar-refractivity contribution in [2.75, 3.05) is 0 Å². The van der Waals surface area contributed by atoms with E-state index >= 15 is 0 Å². The van der Waals surface area contributed by atoms with Gasteiger partial charge in [0.2, 0.25) is 0 Å². The molecule has 0 saturated heterocycles. The van der Waals surface area contributed by atoms with Crippen LogP contribution in [0.5, 0.6) is 0 Å². The first-order chi connectivity index (χ1) is 4.88. The SMILES string of the molecule is C=C(N=C(C)SN)C(F)(F)F. The summed E-state index contributed by atoms with van der Waals surface area (Å²) in [6, 6.07) is 0. The van der Waals surface area contributed by atoms with E-state index in [0.717, 1.165) is 0 Å². The molecule has 0 radical (unpaired) electrons. The number of halogens is 3. The van der Waals surface area contributed by atoms with Gasteiger partial charge in [0.25, 0.3) is 0 Å². The summed E-state index contributed by atoms with van der Waals surface area (Å²) < 4.78 is 35.1. The van der Waals surface area contributed by atoms with Crippen LogP contribution in [-0.2, 0) is 0 Å². The van der Waals surface area contributed by atoms with Crippen molar-refractivity contribution in [3.63, 3.8) is 0 Å². The number of alkyl halides is 3. The van der Waals surface area contributed by atoms with Crippen molar-refractivity contribution < 1.29 is 13.2 Å². The third kappa shape index (κ3) is 4.05. The molecule has 0 aromatic heterocycles. The number of hydrogen-bond donors (Lipinski definition) is 1. The molecule has 0 aromatic carbocycles. The zero-order valence-electron chi connectivity index (χ0n) is 5.77. The second-order valence-electron chi connectivity index (χ2n) is 1.69. The number of aliphatic imine (C=N–C) groups is 1. The predicted octanol–water partition coefficient (Wildman–Crippen LogP) is 2.09. The molecule has 0 rings (SSSR count). The molecular formula is C5H7F3N2S. The molecule has 2 N–H and O–H groups in total. The Morgan fingerprint density at radius 3 is 2.27 bits per heavy atom. The summed E-state index contributed by atoms with van der Waals surface area (Å²) in [5.41, 5.74) is -1.13. The maximum absolute atomic E-state index is 11.7. The van der Waals surface area contributed by atoms with Gasteiger partial charge in [-0.25, -0.2) is 4.99 Å². The highest BCUT2D eigenvalue weighted by Gasteiger charge is 2.31. The Balaban J connectivity index is 4.30. The van der Waals surface area contributed by atoms with E-state index in [1.807, 2.05) is 0 Å². The molecule has 0 aliphatic heterocycles. The van der Waals surface area contributed by atoms with Crippen molar-refractivity contribution >= 4 is 17.0 Å². The Bertz CT molecular complexity index is 185. The Morgan fingerprint density at radius 2 is 2.00 bits per heavy atom. The minimum absolute atomic E-state index is 0.132. The minimum atomic E-state index is -4.46.